The van der Waals surface area contributed by atoms with Crippen molar-refractivity contribution in [2.45, 2.75) is 32.5 Å². The smallest absolute Gasteiger partial charge is 0.232 e. The van der Waals surface area contributed by atoms with Crippen LogP contribution >= 0.6 is 0 Å². The predicted molar refractivity (Wildman–Crippen MR) is 92.3 cm³/mol. The molecule has 0 amide bonds. The van der Waals surface area contributed by atoms with E-state index >= 15 is 0 Å². The summed E-state index contributed by atoms with van der Waals surface area (Å²) < 4.78 is 10.6. The van der Waals surface area contributed by atoms with Crippen molar-refractivity contribution in [3.8, 4) is 11.5 Å². The number of ketones is 2. The number of hydrogen-bond acceptors (Lipinski definition) is 5. The quantitative estimate of drug-likeness (QED) is 0.818. The molecule has 0 aliphatic carbocycles. The third-order valence-corrected chi connectivity index (χ3v) is 4.19. The fourth-order valence-corrected chi connectivity index (χ4v) is 2.84. The molecule has 25 heavy (non-hydrogen) atoms. The Hall–Kier alpha value is -2.66. The van der Waals surface area contributed by atoms with E-state index in [-0.39, 0.29) is 31.0 Å². The summed E-state index contributed by atoms with van der Waals surface area (Å²) in [6.07, 6.45) is 0.0942. The molecule has 2 aromatic carbocycles. The van der Waals surface area contributed by atoms with Gasteiger partial charge in [0.1, 0.15) is 0 Å². The molecular formula is C20H20O5. The van der Waals surface area contributed by atoms with Crippen molar-refractivity contribution in [1.29, 1.82) is 0 Å². The molecule has 1 unspecified atom stereocenters. The third kappa shape index (κ3) is 3.88. The molecule has 3 rings (SSSR count). The number of ether oxygens (including phenoxy) is 2. The molecule has 1 atom stereocenters. The van der Waals surface area contributed by atoms with Gasteiger partial charge >= 0.3 is 0 Å². The summed E-state index contributed by atoms with van der Waals surface area (Å²) in [5.41, 5.74) is 2.15. The van der Waals surface area contributed by atoms with Crippen molar-refractivity contribution < 1.29 is 24.2 Å². The summed E-state index contributed by atoms with van der Waals surface area (Å²) in [5, 5.41) is 9.38. The molecule has 2 aromatic rings. The standard InChI is InChI=1S/C20H20O5/c1-2-13-5-3-4-6-15(13)17(22)9-8-16(21)14-7-10-18-19(11-14)24-12-20(23)25-18/h3-7,10-11,20,23H,2,8-9,12H2,1H3. The van der Waals surface area contributed by atoms with Crippen molar-refractivity contribution in [3.05, 3.63) is 59.2 Å². The highest BCUT2D eigenvalue weighted by molar-refractivity contribution is 6.03. The number of hydrogen-bond donors (Lipinski definition) is 1. The second-order valence-electron chi connectivity index (χ2n) is 5.90. The van der Waals surface area contributed by atoms with Crippen LogP contribution in [0.25, 0.3) is 0 Å². The SMILES string of the molecule is CCc1ccccc1C(=O)CCC(=O)c1ccc2c(c1)OCC(O)O2. The van der Waals surface area contributed by atoms with E-state index in [4.69, 9.17) is 9.47 Å². The molecule has 130 valence electrons. The summed E-state index contributed by atoms with van der Waals surface area (Å²) in [4.78, 5) is 24.8. The van der Waals surface area contributed by atoms with Crippen LogP contribution in [0.15, 0.2) is 42.5 Å². The van der Waals surface area contributed by atoms with Crippen LogP contribution in [-0.2, 0) is 6.42 Å². The van der Waals surface area contributed by atoms with E-state index in [1.165, 1.54) is 0 Å². The van der Waals surface area contributed by atoms with Gasteiger partial charge in [-0.1, -0.05) is 31.2 Å². The molecule has 0 bridgehead atoms. The Labute approximate surface area is 146 Å². The lowest BCUT2D eigenvalue weighted by molar-refractivity contribution is -0.0670. The van der Waals surface area contributed by atoms with Gasteiger partial charge in [0.05, 0.1) is 0 Å². The molecule has 1 N–H and O–H groups in total. The van der Waals surface area contributed by atoms with Gasteiger partial charge in [-0.15, -0.1) is 0 Å². The van der Waals surface area contributed by atoms with E-state index < -0.39 is 6.29 Å². The van der Waals surface area contributed by atoms with Gasteiger partial charge in [-0.05, 0) is 30.2 Å². The highest BCUT2D eigenvalue weighted by Gasteiger charge is 2.20. The fourth-order valence-electron chi connectivity index (χ4n) is 2.84. The Morgan fingerprint density at radius 2 is 1.84 bits per heavy atom. The Kier molecular flexibility index (Phi) is 5.14. The van der Waals surface area contributed by atoms with Crippen LogP contribution < -0.4 is 9.47 Å². The van der Waals surface area contributed by atoms with Crippen LogP contribution in [-0.4, -0.2) is 29.6 Å². The average Bonchev–Trinajstić information content (AvgIpc) is 2.65. The van der Waals surface area contributed by atoms with Crippen LogP contribution in [0.1, 0.15) is 46.0 Å². The van der Waals surface area contributed by atoms with Crippen LogP contribution in [0.3, 0.4) is 0 Å². The highest BCUT2D eigenvalue weighted by Crippen LogP contribution is 2.32. The molecule has 5 heteroatoms. The summed E-state index contributed by atoms with van der Waals surface area (Å²) in [5.74, 6) is 0.688. The summed E-state index contributed by atoms with van der Waals surface area (Å²) in [6.45, 7) is 2.03. The minimum absolute atomic E-state index is 0.0218. The average molecular weight is 340 g/mol. The van der Waals surface area contributed by atoms with E-state index in [2.05, 4.69) is 0 Å². The van der Waals surface area contributed by atoms with E-state index in [9.17, 15) is 14.7 Å². The second-order valence-corrected chi connectivity index (χ2v) is 5.90. The van der Waals surface area contributed by atoms with Crippen LogP contribution in [0.5, 0.6) is 11.5 Å². The zero-order valence-corrected chi connectivity index (χ0v) is 14.0. The van der Waals surface area contributed by atoms with E-state index in [0.29, 0.717) is 22.6 Å². The van der Waals surface area contributed by atoms with Crippen molar-refractivity contribution in [2.24, 2.45) is 0 Å². The van der Waals surface area contributed by atoms with Crippen LogP contribution in [0.2, 0.25) is 0 Å². The summed E-state index contributed by atoms with van der Waals surface area (Å²) in [7, 11) is 0. The number of Topliss-reactive ketones (excluding diaryl/α,β-unsaturated/α-hetero) is 2. The second kappa shape index (κ2) is 7.49. The topological polar surface area (TPSA) is 72.8 Å². The van der Waals surface area contributed by atoms with Gasteiger partial charge < -0.3 is 14.6 Å². The maximum atomic E-state index is 12.4. The Bertz CT molecular complexity index is 796. The molecule has 1 aliphatic rings. The molecular weight excluding hydrogens is 320 g/mol. The number of fused-ring (bicyclic) bond motifs is 1. The maximum Gasteiger partial charge on any atom is 0.232 e. The normalized spacial score (nSPS) is 15.7. The third-order valence-electron chi connectivity index (χ3n) is 4.19. The van der Waals surface area contributed by atoms with Crippen molar-refractivity contribution in [3.63, 3.8) is 0 Å². The predicted octanol–water partition coefficient (Wildman–Crippen LogP) is 3.18. The molecule has 0 aromatic heterocycles. The van der Waals surface area contributed by atoms with Crippen LogP contribution in [0, 0.1) is 0 Å². The maximum absolute atomic E-state index is 12.4. The highest BCUT2D eigenvalue weighted by atomic mass is 16.7. The monoisotopic (exact) mass is 340 g/mol. The fraction of sp³-hybridized carbons (Fsp3) is 0.300. The lowest BCUT2D eigenvalue weighted by atomic mass is 9.97. The van der Waals surface area contributed by atoms with Crippen LogP contribution in [0.4, 0.5) is 0 Å². The molecule has 1 heterocycles. The van der Waals surface area contributed by atoms with Gasteiger partial charge in [-0.3, -0.25) is 9.59 Å². The first-order valence-corrected chi connectivity index (χ1v) is 8.34. The van der Waals surface area contributed by atoms with Gasteiger partial charge in [-0.2, -0.15) is 0 Å². The molecule has 0 fully saturated rings. The molecule has 0 spiro atoms. The van der Waals surface area contributed by atoms with Gasteiger partial charge in [0.15, 0.2) is 29.7 Å². The minimum Gasteiger partial charge on any atom is -0.483 e. The Morgan fingerprint density at radius 1 is 1.08 bits per heavy atom. The number of aryl methyl sites for hydroxylation is 1. The Morgan fingerprint density at radius 3 is 2.64 bits per heavy atom. The number of aliphatic hydroxyl groups excluding tert-OH is 1. The van der Waals surface area contributed by atoms with Gasteiger partial charge in [0, 0.05) is 24.0 Å². The number of rotatable bonds is 6. The lowest BCUT2D eigenvalue weighted by Gasteiger charge is -2.22. The van der Waals surface area contributed by atoms with Crippen molar-refractivity contribution in [1.82, 2.24) is 0 Å². The molecule has 0 saturated heterocycles. The first kappa shape index (κ1) is 17.2. The Balaban J connectivity index is 1.66. The zero-order chi connectivity index (χ0) is 17.8. The molecule has 5 nitrogen and oxygen atoms in total. The minimum atomic E-state index is -0.995. The molecule has 0 saturated carbocycles. The molecule has 0 radical (unpaired) electrons. The number of carbonyl (C=O) groups is 2. The van der Waals surface area contributed by atoms with Gasteiger partial charge in [-0.25, -0.2) is 0 Å². The number of aliphatic hydroxyl groups is 1. The molecule has 1 aliphatic heterocycles. The van der Waals surface area contributed by atoms with Gasteiger partial charge in [0.2, 0.25) is 6.29 Å². The zero-order valence-electron chi connectivity index (χ0n) is 14.0. The summed E-state index contributed by atoms with van der Waals surface area (Å²) in [6, 6.07) is 12.3. The van der Waals surface area contributed by atoms with E-state index in [0.717, 1.165) is 12.0 Å². The van der Waals surface area contributed by atoms with Gasteiger partial charge in [0.25, 0.3) is 0 Å². The number of carbonyl (C=O) groups excluding carboxylic acids is 2. The lowest BCUT2D eigenvalue weighted by Crippen LogP contribution is -2.28. The number of benzene rings is 2. The van der Waals surface area contributed by atoms with Crippen molar-refractivity contribution in [2.75, 3.05) is 6.61 Å². The first-order valence-electron chi connectivity index (χ1n) is 8.34. The largest absolute Gasteiger partial charge is 0.483 e. The first-order chi connectivity index (χ1) is 12.1. The van der Waals surface area contributed by atoms with Crippen molar-refractivity contribution >= 4 is 11.6 Å². The summed E-state index contributed by atoms with van der Waals surface area (Å²) >= 11 is 0. The van der Waals surface area contributed by atoms with E-state index in [1.807, 2.05) is 25.1 Å². The van der Waals surface area contributed by atoms with E-state index in [1.54, 1.807) is 24.3 Å².